The lowest BCUT2D eigenvalue weighted by molar-refractivity contribution is 0.459. The topological polar surface area (TPSA) is 58.2 Å². The Morgan fingerprint density at radius 2 is 1.88 bits per heavy atom. The first-order chi connectivity index (χ1) is 12.0. The molecule has 1 atom stereocenters. The fourth-order valence-corrected chi connectivity index (χ4v) is 4.34. The van der Waals surface area contributed by atoms with Crippen molar-refractivity contribution in [3.63, 3.8) is 0 Å². The van der Waals surface area contributed by atoms with Crippen LogP contribution in [-0.2, 0) is 22.9 Å². The van der Waals surface area contributed by atoms with Crippen molar-refractivity contribution >= 4 is 27.3 Å². The molecule has 2 aromatic carbocycles. The van der Waals surface area contributed by atoms with Gasteiger partial charge < -0.3 is 5.32 Å². The van der Waals surface area contributed by atoms with Crippen LogP contribution in [0.4, 0.5) is 5.69 Å². The van der Waals surface area contributed by atoms with Gasteiger partial charge in [0.2, 0.25) is 0 Å². The second-order valence-corrected chi connectivity index (χ2v) is 8.56. The van der Waals surface area contributed by atoms with E-state index in [1.807, 2.05) is 18.2 Å². The first-order valence-corrected chi connectivity index (χ1v) is 10.5. The van der Waals surface area contributed by atoms with Crippen LogP contribution in [0.2, 0.25) is 5.02 Å². The van der Waals surface area contributed by atoms with E-state index in [0.29, 0.717) is 16.8 Å². The maximum Gasteiger partial charge on any atom is 0.261 e. The average molecular weight is 379 g/mol. The molecular formula is C19H23ClN2O2S. The zero-order valence-electron chi connectivity index (χ0n) is 14.3. The molecule has 2 N–H and O–H groups in total. The molecule has 3 rings (SSSR count). The Morgan fingerprint density at radius 1 is 1.12 bits per heavy atom. The summed E-state index contributed by atoms with van der Waals surface area (Å²) in [5.41, 5.74) is 3.13. The molecule has 0 fully saturated rings. The van der Waals surface area contributed by atoms with Gasteiger partial charge in [-0.05, 0) is 79.8 Å². The second-order valence-electron chi connectivity index (χ2n) is 6.44. The van der Waals surface area contributed by atoms with E-state index in [4.69, 9.17) is 11.6 Å². The van der Waals surface area contributed by atoms with Gasteiger partial charge in [0.1, 0.15) is 0 Å². The van der Waals surface area contributed by atoms with E-state index in [2.05, 4.69) is 17.0 Å². The van der Waals surface area contributed by atoms with E-state index in [0.717, 1.165) is 32.2 Å². The van der Waals surface area contributed by atoms with Crippen LogP contribution in [0.5, 0.6) is 0 Å². The summed E-state index contributed by atoms with van der Waals surface area (Å²) in [7, 11) is -3.60. The lowest BCUT2D eigenvalue weighted by Gasteiger charge is -2.26. The van der Waals surface area contributed by atoms with E-state index in [9.17, 15) is 8.42 Å². The van der Waals surface area contributed by atoms with Crippen LogP contribution in [0, 0.1) is 0 Å². The maximum atomic E-state index is 12.5. The molecule has 134 valence electrons. The first kappa shape index (κ1) is 18.2. The number of sulfonamides is 1. The van der Waals surface area contributed by atoms with Crippen LogP contribution in [0.15, 0.2) is 47.4 Å². The van der Waals surface area contributed by atoms with Gasteiger partial charge in [-0.1, -0.05) is 24.6 Å². The zero-order chi connectivity index (χ0) is 17.9. The molecule has 25 heavy (non-hydrogen) atoms. The van der Waals surface area contributed by atoms with Gasteiger partial charge in [-0.25, -0.2) is 8.42 Å². The number of nitrogens with one attached hydrogen (secondary N) is 2. The quantitative estimate of drug-likeness (QED) is 0.798. The highest BCUT2D eigenvalue weighted by atomic mass is 35.5. The number of hydrogen-bond donors (Lipinski definition) is 2. The molecule has 6 heteroatoms. The number of anilines is 1. The second kappa shape index (κ2) is 7.77. The van der Waals surface area contributed by atoms with Crippen LogP contribution < -0.4 is 10.0 Å². The number of benzene rings is 2. The molecule has 1 aliphatic rings. The van der Waals surface area contributed by atoms with Gasteiger partial charge in [-0.15, -0.1) is 0 Å². The predicted octanol–water partition coefficient (Wildman–Crippen LogP) is 4.00. The molecule has 0 radical (unpaired) electrons. The monoisotopic (exact) mass is 378 g/mol. The summed E-state index contributed by atoms with van der Waals surface area (Å²) in [4.78, 5) is 0.207. The Labute approximate surface area is 154 Å². The van der Waals surface area contributed by atoms with E-state index >= 15 is 0 Å². The van der Waals surface area contributed by atoms with Crippen LogP contribution in [0.1, 0.15) is 30.9 Å². The average Bonchev–Trinajstić information content (AvgIpc) is 2.60. The minimum Gasteiger partial charge on any atom is -0.314 e. The van der Waals surface area contributed by atoms with Crippen LogP contribution in [-0.4, -0.2) is 21.0 Å². The molecular weight excluding hydrogens is 356 g/mol. The summed E-state index contributed by atoms with van der Waals surface area (Å²) in [5, 5.41) is 4.08. The Morgan fingerprint density at radius 3 is 2.60 bits per heavy atom. The van der Waals surface area contributed by atoms with Gasteiger partial charge in [-0.2, -0.15) is 0 Å². The van der Waals surface area contributed by atoms with Crippen molar-refractivity contribution in [2.75, 3.05) is 11.3 Å². The molecule has 0 saturated heterocycles. The highest BCUT2D eigenvalue weighted by Crippen LogP contribution is 2.26. The van der Waals surface area contributed by atoms with E-state index in [1.165, 1.54) is 23.3 Å². The minimum absolute atomic E-state index is 0.207. The summed E-state index contributed by atoms with van der Waals surface area (Å²) in [6.45, 7) is 3.21. The minimum atomic E-state index is -3.60. The summed E-state index contributed by atoms with van der Waals surface area (Å²) in [5.74, 6) is 0. The third kappa shape index (κ3) is 4.54. The molecule has 0 amide bonds. The van der Waals surface area contributed by atoms with E-state index in [-0.39, 0.29) is 4.90 Å². The van der Waals surface area contributed by atoms with Gasteiger partial charge in [0, 0.05) is 16.8 Å². The zero-order valence-corrected chi connectivity index (χ0v) is 15.8. The van der Waals surface area contributed by atoms with Crippen molar-refractivity contribution in [3.8, 4) is 0 Å². The lowest BCUT2D eigenvalue weighted by atomic mass is 9.88. The highest BCUT2D eigenvalue weighted by molar-refractivity contribution is 7.92. The maximum absolute atomic E-state index is 12.5. The van der Waals surface area contributed by atoms with Crippen molar-refractivity contribution in [2.45, 2.75) is 43.5 Å². The van der Waals surface area contributed by atoms with Crippen molar-refractivity contribution in [1.29, 1.82) is 0 Å². The van der Waals surface area contributed by atoms with Gasteiger partial charge in [0.25, 0.3) is 10.0 Å². The smallest absolute Gasteiger partial charge is 0.261 e. The summed E-state index contributed by atoms with van der Waals surface area (Å²) >= 11 is 5.82. The molecule has 0 heterocycles. The number of hydrogen-bond acceptors (Lipinski definition) is 3. The van der Waals surface area contributed by atoms with Gasteiger partial charge >= 0.3 is 0 Å². The SMILES string of the molecule is CCCN[C@H]1CCc2cc(NS(=O)(=O)c3ccc(Cl)cc3)ccc2C1. The van der Waals surface area contributed by atoms with Crippen LogP contribution >= 0.6 is 11.6 Å². The lowest BCUT2D eigenvalue weighted by Crippen LogP contribution is -2.35. The Balaban J connectivity index is 1.74. The molecule has 0 spiro atoms. The number of fused-ring (bicyclic) bond motifs is 1. The predicted molar refractivity (Wildman–Crippen MR) is 103 cm³/mol. The van der Waals surface area contributed by atoms with E-state index in [1.54, 1.807) is 12.1 Å². The fourth-order valence-electron chi connectivity index (χ4n) is 3.17. The molecule has 2 aromatic rings. The fraction of sp³-hybridized carbons (Fsp3) is 0.368. The Bertz CT molecular complexity index is 835. The van der Waals surface area contributed by atoms with E-state index < -0.39 is 10.0 Å². The van der Waals surface area contributed by atoms with Gasteiger partial charge in [0.15, 0.2) is 0 Å². The third-order valence-electron chi connectivity index (χ3n) is 4.49. The number of halogens is 1. The summed E-state index contributed by atoms with van der Waals surface area (Å²) in [6, 6.07) is 12.5. The van der Waals surface area contributed by atoms with Crippen molar-refractivity contribution < 1.29 is 8.42 Å². The molecule has 4 nitrogen and oxygen atoms in total. The first-order valence-electron chi connectivity index (χ1n) is 8.61. The summed E-state index contributed by atoms with van der Waals surface area (Å²) in [6.07, 6.45) is 4.18. The van der Waals surface area contributed by atoms with Crippen LogP contribution in [0.25, 0.3) is 0 Å². The Hall–Kier alpha value is -1.56. The highest BCUT2D eigenvalue weighted by Gasteiger charge is 2.20. The van der Waals surface area contributed by atoms with Crippen molar-refractivity contribution in [3.05, 3.63) is 58.6 Å². The van der Waals surface area contributed by atoms with Crippen molar-refractivity contribution in [1.82, 2.24) is 5.32 Å². The van der Waals surface area contributed by atoms with Gasteiger partial charge in [-0.3, -0.25) is 4.72 Å². The molecule has 0 bridgehead atoms. The van der Waals surface area contributed by atoms with Crippen LogP contribution in [0.3, 0.4) is 0 Å². The van der Waals surface area contributed by atoms with Gasteiger partial charge in [0.05, 0.1) is 4.90 Å². The van der Waals surface area contributed by atoms with Crippen molar-refractivity contribution in [2.24, 2.45) is 0 Å². The number of aryl methyl sites for hydroxylation is 1. The molecule has 0 unspecified atom stereocenters. The largest absolute Gasteiger partial charge is 0.314 e. The standard InChI is InChI=1S/C19H23ClN2O2S/c1-2-11-21-17-7-3-15-13-18(8-4-14(15)12-17)22-25(23,24)19-9-5-16(20)6-10-19/h4-6,8-10,13,17,21-22H,2-3,7,11-12H2,1H3/t17-/m0/s1. The molecule has 1 aliphatic carbocycles. The molecule has 0 aromatic heterocycles. The summed E-state index contributed by atoms with van der Waals surface area (Å²) < 4.78 is 27.6. The normalized spacial score (nSPS) is 17.1. The molecule has 0 aliphatic heterocycles. The Kier molecular flexibility index (Phi) is 5.67. The third-order valence-corrected chi connectivity index (χ3v) is 6.14. The number of rotatable bonds is 6. The molecule has 0 saturated carbocycles.